The molecule has 0 unspecified atom stereocenters. The minimum atomic E-state index is -3.82. The highest BCUT2D eigenvalue weighted by atomic mass is 32.2. The van der Waals surface area contributed by atoms with Gasteiger partial charge in [-0.3, -0.25) is 4.79 Å². The lowest BCUT2D eigenvalue weighted by atomic mass is 10.2. The first-order valence-electron chi connectivity index (χ1n) is 7.51. The Morgan fingerprint density at radius 2 is 1.81 bits per heavy atom. The lowest BCUT2D eigenvalue weighted by Crippen LogP contribution is -2.36. The molecule has 2 aromatic carbocycles. The molecular formula is C17H18FN3O4S. The zero-order valence-electron chi connectivity index (χ0n) is 14.2. The van der Waals surface area contributed by atoms with Crippen LogP contribution in [0.25, 0.3) is 0 Å². The predicted molar refractivity (Wildman–Crippen MR) is 94.9 cm³/mol. The summed E-state index contributed by atoms with van der Waals surface area (Å²) in [5.74, 6) is -0.459. The molecule has 0 fully saturated rings. The summed E-state index contributed by atoms with van der Waals surface area (Å²) in [6.07, 6.45) is 1.33. The van der Waals surface area contributed by atoms with Crippen LogP contribution >= 0.6 is 0 Å². The molecule has 1 N–H and O–H groups in total. The summed E-state index contributed by atoms with van der Waals surface area (Å²) in [5, 5.41) is 3.72. The van der Waals surface area contributed by atoms with Gasteiger partial charge in [0.1, 0.15) is 11.6 Å². The number of likely N-dealkylation sites (N-methyl/N-ethyl adjacent to an activating group) is 1. The van der Waals surface area contributed by atoms with Crippen LogP contribution < -0.4 is 10.2 Å². The van der Waals surface area contributed by atoms with Gasteiger partial charge in [0.15, 0.2) is 0 Å². The van der Waals surface area contributed by atoms with E-state index in [0.717, 1.165) is 4.31 Å². The van der Waals surface area contributed by atoms with Crippen LogP contribution in [0.1, 0.15) is 5.56 Å². The molecule has 0 saturated heterocycles. The van der Waals surface area contributed by atoms with E-state index >= 15 is 0 Å². The van der Waals surface area contributed by atoms with E-state index in [1.807, 2.05) is 0 Å². The van der Waals surface area contributed by atoms with Gasteiger partial charge in [0, 0.05) is 7.05 Å². The number of ether oxygens (including phenoxy) is 1. The summed E-state index contributed by atoms with van der Waals surface area (Å²) in [7, 11) is -1.04. The van der Waals surface area contributed by atoms with E-state index < -0.39 is 22.5 Å². The molecule has 0 radical (unpaired) electrons. The van der Waals surface area contributed by atoms with Gasteiger partial charge in [-0.15, -0.1) is 0 Å². The second-order valence-corrected chi connectivity index (χ2v) is 7.33. The second kappa shape index (κ2) is 8.54. The molecule has 2 aromatic rings. The molecule has 2 rings (SSSR count). The molecule has 26 heavy (non-hydrogen) atoms. The number of rotatable bonds is 7. The number of nitrogens with one attached hydrogen (secondary N) is 1. The monoisotopic (exact) mass is 379 g/mol. The maximum atomic E-state index is 12.8. The van der Waals surface area contributed by atoms with Gasteiger partial charge < -0.3 is 4.74 Å². The van der Waals surface area contributed by atoms with Crippen LogP contribution in [0.2, 0.25) is 0 Å². The third-order valence-corrected chi connectivity index (χ3v) is 5.22. The minimum Gasteiger partial charge on any atom is -0.497 e. The summed E-state index contributed by atoms with van der Waals surface area (Å²) >= 11 is 0. The molecule has 0 bridgehead atoms. The Morgan fingerprint density at radius 1 is 1.19 bits per heavy atom. The highest BCUT2D eigenvalue weighted by molar-refractivity contribution is 7.89. The Bertz CT molecular complexity index is 881. The number of hydrogen-bond donors (Lipinski definition) is 1. The quantitative estimate of drug-likeness (QED) is 0.585. The molecule has 0 aliphatic carbocycles. The van der Waals surface area contributed by atoms with E-state index in [2.05, 4.69) is 10.5 Å². The zero-order chi connectivity index (χ0) is 19.2. The topological polar surface area (TPSA) is 88.1 Å². The average molecular weight is 379 g/mol. The Morgan fingerprint density at radius 3 is 2.38 bits per heavy atom. The SMILES string of the molecule is COc1ccc(S(=O)(=O)N(C)CC(=O)N/N=C\c2ccc(F)cc2)cc1. The fraction of sp³-hybridized carbons (Fsp3) is 0.176. The molecule has 0 heterocycles. The number of amides is 1. The molecule has 0 atom stereocenters. The first-order chi connectivity index (χ1) is 12.3. The number of nitrogens with zero attached hydrogens (tertiary/aromatic N) is 2. The predicted octanol–water partition coefficient (Wildman–Crippen LogP) is 1.61. The molecule has 9 heteroatoms. The Hall–Kier alpha value is -2.78. The fourth-order valence-corrected chi connectivity index (χ4v) is 3.10. The van der Waals surface area contributed by atoms with E-state index in [9.17, 15) is 17.6 Å². The van der Waals surface area contributed by atoms with Crippen LogP contribution in [-0.4, -0.2) is 45.5 Å². The maximum absolute atomic E-state index is 12.8. The average Bonchev–Trinajstić information content (AvgIpc) is 2.63. The van der Waals surface area contributed by atoms with Crippen molar-refractivity contribution in [3.63, 3.8) is 0 Å². The first-order valence-corrected chi connectivity index (χ1v) is 8.95. The van der Waals surface area contributed by atoms with Crippen molar-refractivity contribution in [1.82, 2.24) is 9.73 Å². The number of sulfonamides is 1. The largest absolute Gasteiger partial charge is 0.497 e. The molecule has 0 spiro atoms. The van der Waals surface area contributed by atoms with Crippen LogP contribution in [0.15, 0.2) is 58.5 Å². The smallest absolute Gasteiger partial charge is 0.255 e. The van der Waals surface area contributed by atoms with E-state index in [0.29, 0.717) is 11.3 Å². The summed E-state index contributed by atoms with van der Waals surface area (Å²) < 4.78 is 43.5. The van der Waals surface area contributed by atoms with E-state index in [1.165, 1.54) is 68.9 Å². The highest BCUT2D eigenvalue weighted by Gasteiger charge is 2.22. The van der Waals surface area contributed by atoms with Crippen LogP contribution in [0.3, 0.4) is 0 Å². The number of hydrogen-bond acceptors (Lipinski definition) is 5. The molecule has 7 nitrogen and oxygen atoms in total. The number of carbonyl (C=O) groups excluding carboxylic acids is 1. The lowest BCUT2D eigenvalue weighted by Gasteiger charge is -2.16. The van der Waals surface area contributed by atoms with Crippen molar-refractivity contribution in [1.29, 1.82) is 0 Å². The molecule has 0 saturated carbocycles. The van der Waals surface area contributed by atoms with Crippen molar-refractivity contribution in [3.05, 3.63) is 59.9 Å². The molecule has 138 valence electrons. The van der Waals surface area contributed by atoms with Crippen molar-refractivity contribution in [2.45, 2.75) is 4.90 Å². The van der Waals surface area contributed by atoms with Gasteiger partial charge in [-0.05, 0) is 42.0 Å². The fourth-order valence-electron chi connectivity index (χ4n) is 1.98. The number of hydrazone groups is 1. The van der Waals surface area contributed by atoms with E-state index in [1.54, 1.807) is 0 Å². The van der Waals surface area contributed by atoms with Gasteiger partial charge in [-0.2, -0.15) is 9.41 Å². The van der Waals surface area contributed by atoms with E-state index in [4.69, 9.17) is 4.74 Å². The first kappa shape index (κ1) is 19.5. The van der Waals surface area contributed by atoms with Crippen molar-refractivity contribution in [2.24, 2.45) is 5.10 Å². The molecule has 0 aromatic heterocycles. The van der Waals surface area contributed by atoms with Gasteiger partial charge in [0.2, 0.25) is 10.0 Å². The summed E-state index contributed by atoms with van der Waals surface area (Å²) in [4.78, 5) is 11.9. The Balaban J connectivity index is 1.95. The number of methoxy groups -OCH3 is 1. The third kappa shape index (κ3) is 5.11. The van der Waals surface area contributed by atoms with E-state index in [-0.39, 0.29) is 10.7 Å². The van der Waals surface area contributed by atoms with Crippen molar-refractivity contribution in [2.75, 3.05) is 20.7 Å². The van der Waals surface area contributed by atoms with Crippen LogP contribution in [0, 0.1) is 5.82 Å². The number of halogens is 1. The van der Waals surface area contributed by atoms with Gasteiger partial charge >= 0.3 is 0 Å². The van der Waals surface area contributed by atoms with Crippen LogP contribution in [0.5, 0.6) is 5.75 Å². The number of benzene rings is 2. The highest BCUT2D eigenvalue weighted by Crippen LogP contribution is 2.18. The molecule has 0 aliphatic heterocycles. The Kier molecular flexibility index (Phi) is 6.42. The van der Waals surface area contributed by atoms with Crippen molar-refractivity contribution in [3.8, 4) is 5.75 Å². The summed E-state index contributed by atoms with van der Waals surface area (Å²) in [6, 6.07) is 11.3. The Labute approximate surface area is 151 Å². The lowest BCUT2D eigenvalue weighted by molar-refractivity contribution is -0.121. The van der Waals surface area contributed by atoms with Crippen LogP contribution in [0.4, 0.5) is 4.39 Å². The van der Waals surface area contributed by atoms with Crippen LogP contribution in [-0.2, 0) is 14.8 Å². The zero-order valence-corrected chi connectivity index (χ0v) is 15.0. The summed E-state index contributed by atoms with van der Waals surface area (Å²) in [6.45, 7) is -0.408. The molecule has 1 amide bonds. The summed E-state index contributed by atoms with van der Waals surface area (Å²) in [5.41, 5.74) is 2.82. The molecular weight excluding hydrogens is 361 g/mol. The van der Waals surface area contributed by atoms with Gasteiger partial charge in [-0.25, -0.2) is 18.2 Å². The second-order valence-electron chi connectivity index (χ2n) is 5.28. The minimum absolute atomic E-state index is 0.0448. The molecule has 0 aliphatic rings. The van der Waals surface area contributed by atoms with Gasteiger partial charge in [0.25, 0.3) is 5.91 Å². The van der Waals surface area contributed by atoms with Gasteiger partial charge in [0.05, 0.1) is 24.8 Å². The number of carbonyl (C=O) groups is 1. The standard InChI is InChI=1S/C17H18FN3O4S/c1-21(26(23,24)16-9-7-15(25-2)8-10-16)12-17(22)20-19-11-13-3-5-14(18)6-4-13/h3-11H,12H2,1-2H3,(H,20,22)/b19-11-. The van der Waals surface area contributed by atoms with Crippen molar-refractivity contribution >= 4 is 22.1 Å². The van der Waals surface area contributed by atoms with Gasteiger partial charge in [-0.1, -0.05) is 12.1 Å². The third-order valence-electron chi connectivity index (χ3n) is 3.41. The maximum Gasteiger partial charge on any atom is 0.255 e. The normalized spacial score (nSPS) is 11.7. The van der Waals surface area contributed by atoms with Crippen molar-refractivity contribution < 1.29 is 22.3 Å².